The van der Waals surface area contributed by atoms with Crippen LogP contribution in [-0.4, -0.2) is 35.0 Å². The first-order chi connectivity index (χ1) is 16.2. The van der Waals surface area contributed by atoms with Crippen molar-refractivity contribution in [3.8, 4) is 5.75 Å². The van der Waals surface area contributed by atoms with E-state index in [2.05, 4.69) is 10.6 Å². The summed E-state index contributed by atoms with van der Waals surface area (Å²) in [6, 6.07) is 24.2. The topological polar surface area (TPSA) is 85.2 Å². The molecule has 4 aromatic rings. The van der Waals surface area contributed by atoms with Crippen LogP contribution in [0.1, 0.15) is 22.6 Å². The van der Waals surface area contributed by atoms with Gasteiger partial charge in [0.05, 0.1) is 23.8 Å². The third-order valence-electron chi connectivity index (χ3n) is 5.32. The van der Waals surface area contributed by atoms with Crippen LogP contribution in [-0.2, 0) is 17.8 Å². The number of nitrogens with zero attached hydrogens (tertiary/aromatic N) is 2. The van der Waals surface area contributed by atoms with Crippen molar-refractivity contribution in [2.45, 2.75) is 19.4 Å². The molecule has 33 heavy (non-hydrogen) atoms. The van der Waals surface area contributed by atoms with E-state index in [0.29, 0.717) is 36.4 Å². The van der Waals surface area contributed by atoms with Crippen molar-refractivity contribution in [3.05, 3.63) is 90.3 Å². The highest BCUT2D eigenvalue weighted by atomic mass is 16.5. The monoisotopic (exact) mass is 442 g/mol. The Balaban J connectivity index is 1.43. The zero-order chi connectivity index (χ0) is 23.0. The maximum atomic E-state index is 12.8. The van der Waals surface area contributed by atoms with Gasteiger partial charge in [-0.15, -0.1) is 0 Å². The molecule has 0 saturated heterocycles. The molecule has 0 aliphatic rings. The van der Waals surface area contributed by atoms with E-state index in [9.17, 15) is 9.59 Å². The van der Waals surface area contributed by atoms with E-state index in [-0.39, 0.29) is 18.4 Å². The largest absolute Gasteiger partial charge is 0.495 e. The summed E-state index contributed by atoms with van der Waals surface area (Å²) in [5.74, 6) is 1.15. The fraction of sp³-hybridized carbons (Fsp3) is 0.192. The number of carbonyl (C=O) groups is 2. The van der Waals surface area contributed by atoms with Crippen molar-refractivity contribution in [1.29, 1.82) is 0 Å². The molecule has 0 unspecified atom stereocenters. The quantitative estimate of drug-likeness (QED) is 0.383. The zero-order valence-corrected chi connectivity index (χ0v) is 18.5. The van der Waals surface area contributed by atoms with E-state index < -0.39 is 0 Å². The number of fused-ring (bicyclic) bond motifs is 1. The standard InChI is InChI=1S/C26H26N4O3/c1-33-23-15-8-6-13-21(23)29-25(31)18-30-22-14-7-5-12-20(22)28-24(30)16-9-17-27-26(32)19-10-3-2-4-11-19/h2-8,10-15H,9,16-18H2,1H3,(H,27,32)(H,29,31). The van der Waals surface area contributed by atoms with E-state index in [0.717, 1.165) is 16.9 Å². The zero-order valence-electron chi connectivity index (χ0n) is 18.5. The number of ether oxygens (including phenoxy) is 1. The Morgan fingerprint density at radius 3 is 2.48 bits per heavy atom. The number of carbonyl (C=O) groups excluding carboxylic acids is 2. The number of rotatable bonds is 9. The summed E-state index contributed by atoms with van der Waals surface area (Å²) in [5.41, 5.74) is 3.00. The molecule has 168 valence electrons. The predicted molar refractivity (Wildman–Crippen MR) is 128 cm³/mol. The summed E-state index contributed by atoms with van der Waals surface area (Å²) in [5, 5.41) is 5.86. The molecule has 7 nitrogen and oxygen atoms in total. The summed E-state index contributed by atoms with van der Waals surface area (Å²) >= 11 is 0. The lowest BCUT2D eigenvalue weighted by atomic mass is 10.2. The van der Waals surface area contributed by atoms with Crippen LogP contribution in [0.5, 0.6) is 5.75 Å². The summed E-state index contributed by atoms with van der Waals surface area (Å²) in [6.07, 6.45) is 1.34. The average Bonchev–Trinajstić information content (AvgIpc) is 3.19. The van der Waals surface area contributed by atoms with Crippen LogP contribution >= 0.6 is 0 Å². The molecule has 2 amide bonds. The number of hydrogen-bond acceptors (Lipinski definition) is 4. The SMILES string of the molecule is COc1ccccc1NC(=O)Cn1c(CCCNC(=O)c2ccccc2)nc2ccccc21. The molecule has 3 aromatic carbocycles. The molecule has 2 N–H and O–H groups in total. The summed E-state index contributed by atoms with van der Waals surface area (Å²) in [6.45, 7) is 0.647. The maximum absolute atomic E-state index is 12.8. The van der Waals surface area contributed by atoms with E-state index in [1.807, 2.05) is 59.2 Å². The number of amides is 2. The van der Waals surface area contributed by atoms with E-state index in [4.69, 9.17) is 9.72 Å². The van der Waals surface area contributed by atoms with Crippen molar-refractivity contribution in [1.82, 2.24) is 14.9 Å². The Kier molecular flexibility index (Phi) is 6.99. The molecule has 1 aromatic heterocycles. The Morgan fingerprint density at radius 2 is 1.67 bits per heavy atom. The van der Waals surface area contributed by atoms with Crippen LogP contribution in [0.3, 0.4) is 0 Å². The summed E-state index contributed by atoms with van der Waals surface area (Å²) < 4.78 is 7.25. The average molecular weight is 443 g/mol. The van der Waals surface area contributed by atoms with Gasteiger partial charge in [0, 0.05) is 18.5 Å². The minimum atomic E-state index is -0.165. The van der Waals surface area contributed by atoms with Gasteiger partial charge in [-0.3, -0.25) is 9.59 Å². The number of hydrogen-bond donors (Lipinski definition) is 2. The number of aromatic nitrogens is 2. The second-order valence-corrected chi connectivity index (χ2v) is 7.58. The van der Waals surface area contributed by atoms with Crippen LogP contribution < -0.4 is 15.4 Å². The molecule has 4 rings (SSSR count). The van der Waals surface area contributed by atoms with Gasteiger partial charge >= 0.3 is 0 Å². The first-order valence-corrected chi connectivity index (χ1v) is 10.9. The Hall–Kier alpha value is -4.13. The van der Waals surface area contributed by atoms with E-state index in [1.165, 1.54) is 0 Å². The first-order valence-electron chi connectivity index (χ1n) is 10.9. The van der Waals surface area contributed by atoms with Crippen LogP contribution in [0.4, 0.5) is 5.69 Å². The highest BCUT2D eigenvalue weighted by molar-refractivity contribution is 5.94. The van der Waals surface area contributed by atoms with Gasteiger partial charge in [-0.2, -0.15) is 0 Å². The number of aryl methyl sites for hydroxylation is 1. The fourth-order valence-corrected chi connectivity index (χ4v) is 3.71. The van der Waals surface area contributed by atoms with Crippen molar-refractivity contribution < 1.29 is 14.3 Å². The molecule has 0 atom stereocenters. The van der Waals surface area contributed by atoms with Gasteiger partial charge in [0.25, 0.3) is 5.91 Å². The van der Waals surface area contributed by atoms with Crippen LogP contribution in [0.2, 0.25) is 0 Å². The Morgan fingerprint density at radius 1 is 0.939 bits per heavy atom. The van der Waals surface area contributed by atoms with Gasteiger partial charge in [-0.25, -0.2) is 4.98 Å². The number of benzene rings is 3. The fourth-order valence-electron chi connectivity index (χ4n) is 3.71. The minimum absolute atomic E-state index is 0.0970. The second kappa shape index (κ2) is 10.5. The molecule has 0 saturated carbocycles. The highest BCUT2D eigenvalue weighted by Gasteiger charge is 2.15. The van der Waals surface area contributed by atoms with Crippen molar-refractivity contribution in [2.75, 3.05) is 19.0 Å². The Bertz CT molecular complexity index is 1250. The normalized spacial score (nSPS) is 10.7. The molecule has 0 fully saturated rings. The van der Waals surface area contributed by atoms with Crippen molar-refractivity contribution in [3.63, 3.8) is 0 Å². The van der Waals surface area contributed by atoms with Gasteiger partial charge < -0.3 is 19.9 Å². The molecular weight excluding hydrogens is 416 g/mol. The number of anilines is 1. The van der Waals surface area contributed by atoms with E-state index >= 15 is 0 Å². The Labute approximate surface area is 192 Å². The summed E-state index contributed by atoms with van der Waals surface area (Å²) in [4.78, 5) is 29.8. The molecule has 0 radical (unpaired) electrons. The van der Waals surface area contributed by atoms with Crippen molar-refractivity contribution >= 4 is 28.5 Å². The lowest BCUT2D eigenvalue weighted by molar-refractivity contribution is -0.116. The van der Waals surface area contributed by atoms with Gasteiger partial charge in [0.15, 0.2) is 0 Å². The van der Waals surface area contributed by atoms with Crippen LogP contribution in [0, 0.1) is 0 Å². The van der Waals surface area contributed by atoms with Crippen LogP contribution in [0.25, 0.3) is 11.0 Å². The number of imidazole rings is 1. The molecule has 0 bridgehead atoms. The lowest BCUT2D eigenvalue weighted by Crippen LogP contribution is -2.25. The molecule has 0 aliphatic carbocycles. The molecule has 0 aliphatic heterocycles. The number of para-hydroxylation sites is 4. The molecule has 7 heteroatoms. The van der Waals surface area contributed by atoms with Gasteiger partial charge in [0.1, 0.15) is 18.1 Å². The third kappa shape index (κ3) is 5.38. The smallest absolute Gasteiger partial charge is 0.251 e. The molecular formula is C26H26N4O3. The van der Waals surface area contributed by atoms with Gasteiger partial charge in [0.2, 0.25) is 5.91 Å². The predicted octanol–water partition coefficient (Wildman–Crippen LogP) is 4.05. The van der Waals surface area contributed by atoms with Crippen molar-refractivity contribution in [2.24, 2.45) is 0 Å². The van der Waals surface area contributed by atoms with E-state index in [1.54, 1.807) is 31.4 Å². The third-order valence-corrected chi connectivity index (χ3v) is 5.32. The highest BCUT2D eigenvalue weighted by Crippen LogP contribution is 2.23. The second-order valence-electron chi connectivity index (χ2n) is 7.58. The molecule has 1 heterocycles. The molecule has 0 spiro atoms. The number of methoxy groups -OCH3 is 1. The van der Waals surface area contributed by atoms with Gasteiger partial charge in [-0.1, -0.05) is 42.5 Å². The first kappa shape index (κ1) is 22.1. The lowest BCUT2D eigenvalue weighted by Gasteiger charge is -2.12. The van der Waals surface area contributed by atoms with Gasteiger partial charge in [-0.05, 0) is 42.8 Å². The van der Waals surface area contributed by atoms with Crippen LogP contribution in [0.15, 0.2) is 78.9 Å². The summed E-state index contributed by atoms with van der Waals surface area (Å²) in [7, 11) is 1.57. The number of nitrogens with one attached hydrogen (secondary N) is 2. The minimum Gasteiger partial charge on any atom is -0.495 e. The maximum Gasteiger partial charge on any atom is 0.251 e.